The molecule has 0 bridgehead atoms. The number of nitrogens with zero attached hydrogens (tertiary/aromatic N) is 4. The van der Waals surface area contributed by atoms with Gasteiger partial charge in [0.05, 0.1) is 5.69 Å². The third kappa shape index (κ3) is 7.52. The van der Waals surface area contributed by atoms with E-state index in [1.807, 2.05) is 18.2 Å². The van der Waals surface area contributed by atoms with Crippen molar-refractivity contribution >= 4 is 38.9 Å². The number of aryl methyl sites for hydroxylation is 6. The van der Waals surface area contributed by atoms with Gasteiger partial charge in [-0.05, 0) is 126 Å². The summed E-state index contributed by atoms with van der Waals surface area (Å²) in [6, 6.07) is 67.2. The quantitative estimate of drug-likeness (QED) is 0.136. The van der Waals surface area contributed by atoms with Crippen molar-refractivity contribution in [2.45, 2.75) is 47.5 Å². The molecule has 64 heavy (non-hydrogen) atoms. The van der Waals surface area contributed by atoms with Crippen LogP contribution in [0, 0.1) is 41.5 Å². The van der Waals surface area contributed by atoms with Crippen LogP contribution in [0.4, 0.5) is 17.3 Å². The van der Waals surface area contributed by atoms with E-state index in [-0.39, 0.29) is 5.92 Å². The molecule has 0 saturated carbocycles. The second-order valence-corrected chi connectivity index (χ2v) is 17.2. The molecule has 0 amide bonds. The standard InChI is InChI=1S/C60H50N4/c1-38-34-40(3)54(41(4)35-38)57(55-42(5)36-39(2)37-43(55)6)47-28-31-49(32-29-47)64(53-27-17-24-44-18-13-15-25-50(44)53)60-62-58(48-22-11-8-12-23-48)61-59(63-60)52-33-30-45-19-14-16-26-51(45)56(52)46-20-9-7-10-21-46/h7-37,57H,1-6H3. The van der Waals surface area contributed by atoms with Gasteiger partial charge in [0.15, 0.2) is 11.6 Å². The molecule has 1 heterocycles. The van der Waals surface area contributed by atoms with Gasteiger partial charge in [-0.1, -0.05) is 175 Å². The van der Waals surface area contributed by atoms with Gasteiger partial charge in [0.1, 0.15) is 0 Å². The maximum Gasteiger partial charge on any atom is 0.238 e. The van der Waals surface area contributed by atoms with Crippen LogP contribution < -0.4 is 4.90 Å². The lowest BCUT2D eigenvalue weighted by Gasteiger charge is -2.29. The largest absolute Gasteiger partial charge is 0.278 e. The Bertz CT molecular complexity index is 3230. The molecular formula is C60H50N4. The molecular weight excluding hydrogens is 777 g/mol. The zero-order chi connectivity index (χ0) is 43.9. The second kappa shape index (κ2) is 16.9. The van der Waals surface area contributed by atoms with Gasteiger partial charge in [0.25, 0.3) is 0 Å². The summed E-state index contributed by atoms with van der Waals surface area (Å²) in [4.78, 5) is 18.4. The van der Waals surface area contributed by atoms with Gasteiger partial charge < -0.3 is 0 Å². The summed E-state index contributed by atoms with van der Waals surface area (Å²) in [5, 5.41) is 4.53. The molecule has 1 aromatic heterocycles. The van der Waals surface area contributed by atoms with E-state index in [0.717, 1.165) is 55.2 Å². The summed E-state index contributed by atoms with van der Waals surface area (Å²) < 4.78 is 0. The van der Waals surface area contributed by atoms with Gasteiger partial charge >= 0.3 is 0 Å². The van der Waals surface area contributed by atoms with Crippen LogP contribution in [0.1, 0.15) is 56.0 Å². The van der Waals surface area contributed by atoms with Gasteiger partial charge in [-0.3, -0.25) is 4.90 Å². The van der Waals surface area contributed by atoms with Crippen LogP contribution in [0.5, 0.6) is 0 Å². The molecule has 0 N–H and O–H groups in total. The molecule has 0 aliphatic carbocycles. The van der Waals surface area contributed by atoms with Crippen molar-refractivity contribution < 1.29 is 0 Å². The van der Waals surface area contributed by atoms with Crippen molar-refractivity contribution in [1.29, 1.82) is 0 Å². The monoisotopic (exact) mass is 826 g/mol. The first-order valence-corrected chi connectivity index (χ1v) is 22.1. The lowest BCUT2D eigenvalue weighted by molar-refractivity contribution is 0.919. The van der Waals surface area contributed by atoms with Gasteiger partial charge in [0.2, 0.25) is 5.95 Å². The highest BCUT2D eigenvalue weighted by Gasteiger charge is 2.27. The molecule has 0 radical (unpaired) electrons. The van der Waals surface area contributed by atoms with Crippen LogP contribution in [-0.2, 0) is 0 Å². The van der Waals surface area contributed by atoms with Crippen molar-refractivity contribution in [1.82, 2.24) is 15.0 Å². The maximum atomic E-state index is 5.50. The molecule has 0 fully saturated rings. The van der Waals surface area contributed by atoms with Crippen LogP contribution >= 0.6 is 0 Å². The molecule has 0 atom stereocenters. The number of benzene rings is 9. The minimum absolute atomic E-state index is 0.0408. The van der Waals surface area contributed by atoms with E-state index < -0.39 is 0 Å². The Morgan fingerprint density at radius 1 is 0.406 bits per heavy atom. The summed E-state index contributed by atoms with van der Waals surface area (Å²) in [5.41, 5.74) is 17.7. The second-order valence-electron chi connectivity index (χ2n) is 17.2. The Morgan fingerprint density at radius 2 is 0.906 bits per heavy atom. The number of aromatic nitrogens is 3. The maximum absolute atomic E-state index is 5.50. The average molecular weight is 827 g/mol. The summed E-state index contributed by atoms with van der Waals surface area (Å²) >= 11 is 0. The first kappa shape index (κ1) is 40.4. The van der Waals surface area contributed by atoms with E-state index >= 15 is 0 Å². The Morgan fingerprint density at radius 3 is 1.52 bits per heavy atom. The van der Waals surface area contributed by atoms with Crippen molar-refractivity contribution in [3.63, 3.8) is 0 Å². The first-order chi connectivity index (χ1) is 31.2. The molecule has 0 aliphatic rings. The lowest BCUT2D eigenvalue weighted by atomic mass is 9.77. The molecule has 0 spiro atoms. The van der Waals surface area contributed by atoms with E-state index in [1.165, 1.54) is 50.1 Å². The molecule has 0 unspecified atom stereocenters. The Labute approximate surface area is 376 Å². The van der Waals surface area contributed by atoms with Crippen LogP contribution in [-0.4, -0.2) is 15.0 Å². The first-order valence-electron chi connectivity index (χ1n) is 22.1. The summed E-state index contributed by atoms with van der Waals surface area (Å²) in [7, 11) is 0. The minimum Gasteiger partial charge on any atom is -0.278 e. The highest BCUT2D eigenvalue weighted by molar-refractivity contribution is 6.04. The fourth-order valence-electron chi connectivity index (χ4n) is 10.0. The zero-order valence-electron chi connectivity index (χ0n) is 37.3. The highest BCUT2D eigenvalue weighted by Crippen LogP contribution is 2.44. The van der Waals surface area contributed by atoms with Crippen LogP contribution in [0.3, 0.4) is 0 Å². The average Bonchev–Trinajstić information content (AvgIpc) is 3.31. The van der Waals surface area contributed by atoms with Crippen molar-refractivity contribution in [3.05, 3.63) is 238 Å². The van der Waals surface area contributed by atoms with E-state index in [1.54, 1.807) is 0 Å². The van der Waals surface area contributed by atoms with E-state index in [2.05, 4.69) is 216 Å². The normalized spacial score (nSPS) is 11.4. The molecule has 9 aromatic carbocycles. The number of anilines is 3. The molecule has 0 saturated heterocycles. The molecule has 4 heteroatoms. The Hall–Kier alpha value is -7.69. The van der Waals surface area contributed by atoms with E-state index in [0.29, 0.717) is 17.6 Å². The molecule has 10 aromatic rings. The highest BCUT2D eigenvalue weighted by atomic mass is 15.3. The Kier molecular flexibility index (Phi) is 10.7. The third-order valence-corrected chi connectivity index (χ3v) is 12.6. The number of hydrogen-bond donors (Lipinski definition) is 0. The summed E-state index contributed by atoms with van der Waals surface area (Å²) in [5.74, 6) is 1.78. The van der Waals surface area contributed by atoms with Gasteiger partial charge in [-0.2, -0.15) is 9.97 Å². The third-order valence-electron chi connectivity index (χ3n) is 12.6. The minimum atomic E-state index is 0.0408. The van der Waals surface area contributed by atoms with Gasteiger partial charge in [-0.25, -0.2) is 4.98 Å². The van der Waals surface area contributed by atoms with Crippen LogP contribution in [0.2, 0.25) is 0 Å². The van der Waals surface area contributed by atoms with E-state index in [9.17, 15) is 0 Å². The molecule has 0 aliphatic heterocycles. The fourth-order valence-corrected chi connectivity index (χ4v) is 10.0. The number of hydrogen-bond acceptors (Lipinski definition) is 4. The van der Waals surface area contributed by atoms with Crippen LogP contribution in [0.25, 0.3) is 55.4 Å². The molecule has 4 nitrogen and oxygen atoms in total. The van der Waals surface area contributed by atoms with E-state index in [4.69, 9.17) is 15.0 Å². The Balaban J connectivity index is 1.22. The predicted octanol–water partition coefficient (Wildman–Crippen LogP) is 15.7. The van der Waals surface area contributed by atoms with Crippen molar-refractivity contribution in [2.24, 2.45) is 0 Å². The number of rotatable bonds is 9. The lowest BCUT2D eigenvalue weighted by Crippen LogP contribution is -2.16. The van der Waals surface area contributed by atoms with Crippen molar-refractivity contribution in [3.8, 4) is 33.9 Å². The molecule has 310 valence electrons. The van der Waals surface area contributed by atoms with Gasteiger partial charge in [-0.15, -0.1) is 0 Å². The molecule has 10 rings (SSSR count). The van der Waals surface area contributed by atoms with Gasteiger partial charge in [0, 0.05) is 33.7 Å². The van der Waals surface area contributed by atoms with Crippen LogP contribution in [0.15, 0.2) is 188 Å². The van der Waals surface area contributed by atoms with Crippen molar-refractivity contribution in [2.75, 3.05) is 4.90 Å². The SMILES string of the molecule is Cc1cc(C)c(C(c2ccc(N(c3nc(-c4ccccc4)nc(-c4ccc5ccccc5c4-c4ccccc4)n3)c3cccc4ccccc34)cc2)c2c(C)cc(C)cc2C)c(C)c1. The predicted molar refractivity (Wildman–Crippen MR) is 268 cm³/mol. The smallest absolute Gasteiger partial charge is 0.238 e. The zero-order valence-corrected chi connectivity index (χ0v) is 37.3. The summed E-state index contributed by atoms with van der Waals surface area (Å²) in [6.07, 6.45) is 0. The summed E-state index contributed by atoms with van der Waals surface area (Å²) in [6.45, 7) is 13.4. The topological polar surface area (TPSA) is 41.9 Å². The fraction of sp³-hybridized carbons (Fsp3) is 0.117. The number of fused-ring (bicyclic) bond motifs is 2.